The molecule has 4 nitrogen and oxygen atoms in total. The summed E-state index contributed by atoms with van der Waals surface area (Å²) in [4.78, 5) is 16.9. The van der Waals surface area contributed by atoms with Gasteiger partial charge in [-0.05, 0) is 45.3 Å². The molecule has 1 fully saturated rings. The molecule has 1 aromatic carbocycles. The van der Waals surface area contributed by atoms with E-state index in [1.807, 2.05) is 37.4 Å². The third kappa shape index (κ3) is 3.87. The van der Waals surface area contributed by atoms with E-state index in [-0.39, 0.29) is 5.91 Å². The zero-order valence-corrected chi connectivity index (χ0v) is 14.1. The van der Waals surface area contributed by atoms with Crippen molar-refractivity contribution in [2.75, 3.05) is 27.2 Å². The average molecular weight is 303 g/mol. The Labute approximate surface area is 134 Å². The van der Waals surface area contributed by atoms with E-state index in [2.05, 4.69) is 11.9 Å². The predicted molar refractivity (Wildman–Crippen MR) is 90.5 cm³/mol. The lowest BCUT2D eigenvalue weighted by molar-refractivity contribution is -0.135. The van der Waals surface area contributed by atoms with Crippen LogP contribution in [-0.4, -0.2) is 48.9 Å². The molecule has 2 rings (SSSR count). The van der Waals surface area contributed by atoms with Gasteiger partial charge in [-0.1, -0.05) is 36.8 Å². The molecule has 1 saturated heterocycles. The van der Waals surface area contributed by atoms with Crippen LogP contribution < -0.4 is 5.73 Å². The molecule has 22 heavy (non-hydrogen) atoms. The summed E-state index contributed by atoms with van der Waals surface area (Å²) in [6.07, 6.45) is 4.84. The van der Waals surface area contributed by atoms with E-state index in [9.17, 15) is 4.79 Å². The smallest absolute Gasteiger partial charge is 0.246 e. The maximum absolute atomic E-state index is 12.7. The lowest BCUT2D eigenvalue weighted by Crippen LogP contribution is -2.50. The molecule has 0 aromatic heterocycles. The molecular weight excluding hydrogens is 274 g/mol. The number of benzene rings is 1. The summed E-state index contributed by atoms with van der Waals surface area (Å²) >= 11 is 0. The number of piperidine rings is 1. The highest BCUT2D eigenvalue weighted by Crippen LogP contribution is 2.21. The Morgan fingerprint density at radius 2 is 2.05 bits per heavy atom. The Balaban J connectivity index is 1.94. The van der Waals surface area contributed by atoms with E-state index in [0.29, 0.717) is 6.04 Å². The second-order valence-corrected chi connectivity index (χ2v) is 6.71. The van der Waals surface area contributed by atoms with Gasteiger partial charge in [0.25, 0.3) is 0 Å². The first-order valence-electron chi connectivity index (χ1n) is 8.23. The second kappa shape index (κ2) is 7.25. The molecule has 1 aromatic rings. The van der Waals surface area contributed by atoms with Gasteiger partial charge in [0.2, 0.25) is 5.91 Å². The van der Waals surface area contributed by atoms with Crippen LogP contribution in [-0.2, 0) is 10.3 Å². The summed E-state index contributed by atoms with van der Waals surface area (Å²) in [5.74, 6) is -0.0165. The minimum atomic E-state index is -0.964. The Morgan fingerprint density at radius 3 is 2.68 bits per heavy atom. The van der Waals surface area contributed by atoms with E-state index in [1.54, 1.807) is 11.8 Å². The maximum Gasteiger partial charge on any atom is 0.246 e. The summed E-state index contributed by atoms with van der Waals surface area (Å²) < 4.78 is 0. The summed E-state index contributed by atoms with van der Waals surface area (Å²) in [7, 11) is 4.04. The molecule has 0 saturated carbocycles. The highest BCUT2D eigenvalue weighted by molar-refractivity contribution is 5.86. The van der Waals surface area contributed by atoms with Crippen LogP contribution in [0.4, 0.5) is 0 Å². The molecule has 0 bridgehead atoms. The van der Waals surface area contributed by atoms with Gasteiger partial charge >= 0.3 is 0 Å². The van der Waals surface area contributed by atoms with Crippen LogP contribution >= 0.6 is 0 Å². The van der Waals surface area contributed by atoms with Gasteiger partial charge in [-0.2, -0.15) is 0 Å². The van der Waals surface area contributed by atoms with Crippen LogP contribution in [0.25, 0.3) is 0 Å². The molecule has 1 aliphatic heterocycles. The topological polar surface area (TPSA) is 49.6 Å². The molecule has 0 spiro atoms. The van der Waals surface area contributed by atoms with Crippen LogP contribution in [0, 0.1) is 0 Å². The number of nitrogens with zero attached hydrogens (tertiary/aromatic N) is 2. The first-order valence-corrected chi connectivity index (χ1v) is 8.23. The van der Waals surface area contributed by atoms with Crippen molar-refractivity contribution in [3.8, 4) is 0 Å². The third-order valence-electron chi connectivity index (χ3n) is 4.88. The van der Waals surface area contributed by atoms with Crippen molar-refractivity contribution in [3.63, 3.8) is 0 Å². The second-order valence-electron chi connectivity index (χ2n) is 6.71. The standard InChI is InChI=1S/C18H29N3O/c1-18(19,15-9-5-4-6-10-15)17(22)21(3)14-12-16-11-7-8-13-20(16)2/h4-6,9-10,16H,7-8,11-14,19H2,1-3H3. The normalized spacial score (nSPS) is 22.1. The lowest BCUT2D eigenvalue weighted by Gasteiger charge is -2.35. The molecule has 2 atom stereocenters. The Bertz CT molecular complexity index is 486. The van der Waals surface area contributed by atoms with Gasteiger partial charge in [0.15, 0.2) is 0 Å². The summed E-state index contributed by atoms with van der Waals surface area (Å²) in [6, 6.07) is 10.2. The number of amides is 1. The summed E-state index contributed by atoms with van der Waals surface area (Å²) in [5, 5.41) is 0. The fourth-order valence-corrected chi connectivity index (χ4v) is 3.26. The van der Waals surface area contributed by atoms with Gasteiger partial charge in [-0.25, -0.2) is 0 Å². The van der Waals surface area contributed by atoms with Gasteiger partial charge in [0.05, 0.1) is 0 Å². The fraction of sp³-hybridized carbons (Fsp3) is 0.611. The first kappa shape index (κ1) is 17.0. The first-order chi connectivity index (χ1) is 10.4. The molecule has 1 amide bonds. The number of carbonyl (C=O) groups excluding carboxylic acids is 1. The quantitative estimate of drug-likeness (QED) is 0.907. The molecule has 4 heteroatoms. The lowest BCUT2D eigenvalue weighted by atomic mass is 9.91. The number of hydrogen-bond donors (Lipinski definition) is 1. The molecule has 2 N–H and O–H groups in total. The molecule has 2 unspecified atom stereocenters. The SMILES string of the molecule is CN(CCC1CCCCN1C)C(=O)C(C)(N)c1ccccc1. The zero-order valence-electron chi connectivity index (χ0n) is 14.1. The largest absolute Gasteiger partial charge is 0.344 e. The van der Waals surface area contributed by atoms with Gasteiger partial charge in [-0.15, -0.1) is 0 Å². The molecule has 122 valence electrons. The number of rotatable bonds is 5. The zero-order chi connectivity index (χ0) is 16.2. The van der Waals surface area contributed by atoms with E-state index < -0.39 is 5.54 Å². The van der Waals surface area contributed by atoms with Crippen molar-refractivity contribution in [3.05, 3.63) is 35.9 Å². The average Bonchev–Trinajstić information content (AvgIpc) is 2.54. The number of carbonyl (C=O) groups is 1. The monoisotopic (exact) mass is 303 g/mol. The van der Waals surface area contributed by atoms with Crippen molar-refractivity contribution in [2.24, 2.45) is 5.73 Å². The Hall–Kier alpha value is -1.39. The number of nitrogens with two attached hydrogens (primary N) is 1. The van der Waals surface area contributed by atoms with Crippen molar-refractivity contribution in [1.29, 1.82) is 0 Å². The van der Waals surface area contributed by atoms with Crippen molar-refractivity contribution in [1.82, 2.24) is 9.80 Å². The van der Waals surface area contributed by atoms with Gasteiger partial charge in [0, 0.05) is 19.6 Å². The predicted octanol–water partition coefficient (Wildman–Crippen LogP) is 2.19. The van der Waals surface area contributed by atoms with Crippen molar-refractivity contribution < 1.29 is 4.79 Å². The van der Waals surface area contributed by atoms with E-state index in [1.165, 1.54) is 25.8 Å². The van der Waals surface area contributed by atoms with E-state index in [0.717, 1.165) is 18.5 Å². The van der Waals surface area contributed by atoms with Crippen LogP contribution in [0.15, 0.2) is 30.3 Å². The molecule has 1 heterocycles. The van der Waals surface area contributed by atoms with E-state index in [4.69, 9.17) is 5.73 Å². The van der Waals surface area contributed by atoms with Crippen LogP contribution in [0.2, 0.25) is 0 Å². The summed E-state index contributed by atoms with van der Waals surface area (Å²) in [5.41, 5.74) is 6.22. The van der Waals surface area contributed by atoms with E-state index >= 15 is 0 Å². The number of hydrogen-bond acceptors (Lipinski definition) is 3. The number of likely N-dealkylation sites (N-methyl/N-ethyl adjacent to an activating group) is 1. The van der Waals surface area contributed by atoms with Crippen molar-refractivity contribution in [2.45, 2.75) is 44.2 Å². The maximum atomic E-state index is 12.7. The Morgan fingerprint density at radius 1 is 1.36 bits per heavy atom. The molecular formula is C18H29N3O. The Kier molecular flexibility index (Phi) is 5.59. The highest BCUT2D eigenvalue weighted by Gasteiger charge is 2.33. The molecule has 1 aliphatic rings. The van der Waals surface area contributed by atoms with Crippen LogP contribution in [0.1, 0.15) is 38.2 Å². The molecule has 0 aliphatic carbocycles. The third-order valence-corrected chi connectivity index (χ3v) is 4.88. The van der Waals surface area contributed by atoms with Crippen LogP contribution in [0.5, 0.6) is 0 Å². The van der Waals surface area contributed by atoms with Crippen LogP contribution in [0.3, 0.4) is 0 Å². The minimum absolute atomic E-state index is 0.0165. The highest BCUT2D eigenvalue weighted by atomic mass is 16.2. The van der Waals surface area contributed by atoms with Gasteiger partial charge in [0.1, 0.15) is 5.54 Å². The fourth-order valence-electron chi connectivity index (χ4n) is 3.26. The van der Waals surface area contributed by atoms with Gasteiger partial charge < -0.3 is 15.5 Å². The number of likely N-dealkylation sites (tertiary alicyclic amines) is 1. The van der Waals surface area contributed by atoms with Crippen molar-refractivity contribution >= 4 is 5.91 Å². The van der Waals surface area contributed by atoms with Gasteiger partial charge in [-0.3, -0.25) is 4.79 Å². The molecule has 0 radical (unpaired) electrons. The summed E-state index contributed by atoms with van der Waals surface area (Å²) in [6.45, 7) is 3.72. The minimum Gasteiger partial charge on any atom is -0.344 e.